The molecule has 0 spiro atoms. The second-order valence-electron chi connectivity index (χ2n) is 5.35. The van der Waals surface area contributed by atoms with Crippen molar-refractivity contribution in [2.45, 2.75) is 26.8 Å². The molecule has 0 unspecified atom stereocenters. The summed E-state index contributed by atoms with van der Waals surface area (Å²) in [6.45, 7) is 9.79. The van der Waals surface area contributed by atoms with E-state index in [0.717, 1.165) is 35.4 Å². The van der Waals surface area contributed by atoms with Crippen LogP contribution in [0.2, 0.25) is 5.02 Å². The van der Waals surface area contributed by atoms with Crippen molar-refractivity contribution >= 4 is 11.6 Å². The van der Waals surface area contributed by atoms with Crippen LogP contribution < -0.4 is 0 Å². The molecule has 1 saturated heterocycles. The minimum Gasteiger partial charge on any atom is -0.303 e. The van der Waals surface area contributed by atoms with Gasteiger partial charge in [-0.15, -0.1) is 0 Å². The molecular formula is C13H23ClN4. The molecule has 1 atom stereocenters. The zero-order valence-electron chi connectivity index (χ0n) is 11.5. The normalized spacial score (nSPS) is 21.1. The minimum absolute atomic E-state index is 0.781. The number of aryl methyl sites for hydroxylation is 1. The first kappa shape index (κ1) is 13.8. The smallest absolute Gasteiger partial charge is 0.0951 e. The Morgan fingerprint density at radius 3 is 2.89 bits per heavy atom. The third-order valence-electron chi connectivity index (χ3n) is 3.75. The molecule has 1 aromatic rings. The van der Waals surface area contributed by atoms with Crippen LogP contribution in [0, 0.1) is 12.8 Å². The van der Waals surface area contributed by atoms with E-state index in [1.807, 2.05) is 6.92 Å². The lowest BCUT2D eigenvalue weighted by Gasteiger charge is -2.20. The number of aromatic nitrogens is 2. The largest absolute Gasteiger partial charge is 0.303 e. The van der Waals surface area contributed by atoms with Gasteiger partial charge in [0.05, 0.1) is 16.4 Å². The minimum atomic E-state index is 0.781. The van der Waals surface area contributed by atoms with Crippen molar-refractivity contribution in [1.82, 2.24) is 20.0 Å². The second-order valence-corrected chi connectivity index (χ2v) is 5.73. The predicted molar refractivity (Wildman–Crippen MR) is 74.9 cm³/mol. The average molecular weight is 271 g/mol. The number of halogens is 1. The van der Waals surface area contributed by atoms with E-state index in [1.165, 1.54) is 26.1 Å². The van der Waals surface area contributed by atoms with E-state index in [2.05, 4.69) is 34.0 Å². The molecule has 18 heavy (non-hydrogen) atoms. The molecule has 0 saturated carbocycles. The number of nitrogens with one attached hydrogen (secondary N) is 1. The van der Waals surface area contributed by atoms with Crippen LogP contribution in [0.1, 0.15) is 24.7 Å². The molecule has 0 amide bonds. The SMILES string of the molecule is CCN1CC[C@@H](CN(C)Cc2n[nH]c(C)c2Cl)C1. The van der Waals surface area contributed by atoms with Crippen LogP contribution in [0.5, 0.6) is 0 Å². The van der Waals surface area contributed by atoms with E-state index in [4.69, 9.17) is 11.6 Å². The van der Waals surface area contributed by atoms with Gasteiger partial charge in [-0.3, -0.25) is 5.10 Å². The first-order chi connectivity index (χ1) is 8.60. The average Bonchev–Trinajstić information content (AvgIpc) is 2.91. The van der Waals surface area contributed by atoms with Gasteiger partial charge in [-0.1, -0.05) is 18.5 Å². The van der Waals surface area contributed by atoms with Crippen LogP contribution in [0.15, 0.2) is 0 Å². The quantitative estimate of drug-likeness (QED) is 0.890. The number of rotatable bonds is 5. The number of hydrogen-bond donors (Lipinski definition) is 1. The summed E-state index contributed by atoms with van der Waals surface area (Å²) in [5.74, 6) is 0.786. The zero-order valence-corrected chi connectivity index (χ0v) is 12.3. The molecule has 0 radical (unpaired) electrons. The highest BCUT2D eigenvalue weighted by Gasteiger charge is 2.22. The van der Waals surface area contributed by atoms with E-state index < -0.39 is 0 Å². The summed E-state index contributed by atoms with van der Waals surface area (Å²) >= 11 is 6.19. The fourth-order valence-electron chi connectivity index (χ4n) is 2.68. The third-order valence-corrected chi connectivity index (χ3v) is 4.25. The Labute approximate surface area is 114 Å². The van der Waals surface area contributed by atoms with Crippen LogP contribution in [-0.4, -0.2) is 53.2 Å². The number of nitrogens with zero attached hydrogens (tertiary/aromatic N) is 3. The van der Waals surface area contributed by atoms with Crippen molar-refractivity contribution in [1.29, 1.82) is 0 Å². The number of H-pyrrole nitrogens is 1. The van der Waals surface area contributed by atoms with E-state index >= 15 is 0 Å². The molecule has 1 aromatic heterocycles. The molecule has 0 aliphatic carbocycles. The maximum Gasteiger partial charge on any atom is 0.0951 e. The molecule has 1 aliphatic rings. The summed E-state index contributed by atoms with van der Waals surface area (Å²) in [6, 6.07) is 0. The van der Waals surface area contributed by atoms with Crippen LogP contribution in [-0.2, 0) is 6.54 Å². The van der Waals surface area contributed by atoms with E-state index in [-0.39, 0.29) is 0 Å². The molecule has 1 N–H and O–H groups in total. The summed E-state index contributed by atoms with van der Waals surface area (Å²) in [4.78, 5) is 4.84. The highest BCUT2D eigenvalue weighted by molar-refractivity contribution is 6.31. The predicted octanol–water partition coefficient (Wildman–Crippen LogP) is 2.15. The lowest BCUT2D eigenvalue weighted by Crippen LogP contribution is -2.28. The van der Waals surface area contributed by atoms with Gasteiger partial charge in [0.15, 0.2) is 0 Å². The molecule has 1 fully saturated rings. The van der Waals surface area contributed by atoms with Crippen LogP contribution >= 0.6 is 11.6 Å². The lowest BCUT2D eigenvalue weighted by molar-refractivity contribution is 0.258. The molecular weight excluding hydrogens is 248 g/mol. The van der Waals surface area contributed by atoms with Crippen molar-refractivity contribution in [3.8, 4) is 0 Å². The summed E-state index contributed by atoms with van der Waals surface area (Å²) in [5.41, 5.74) is 1.92. The molecule has 4 nitrogen and oxygen atoms in total. The fraction of sp³-hybridized carbons (Fsp3) is 0.769. The lowest BCUT2D eigenvalue weighted by atomic mass is 10.1. The number of hydrogen-bond acceptors (Lipinski definition) is 3. The first-order valence-corrected chi connectivity index (χ1v) is 7.08. The molecule has 102 valence electrons. The Balaban J connectivity index is 1.82. The highest BCUT2D eigenvalue weighted by atomic mass is 35.5. The molecule has 2 heterocycles. The zero-order chi connectivity index (χ0) is 13.1. The monoisotopic (exact) mass is 270 g/mol. The van der Waals surface area contributed by atoms with Gasteiger partial charge in [0.1, 0.15) is 0 Å². The Bertz CT molecular complexity index is 390. The van der Waals surface area contributed by atoms with Gasteiger partial charge in [-0.25, -0.2) is 0 Å². The van der Waals surface area contributed by atoms with Gasteiger partial charge in [0.25, 0.3) is 0 Å². The molecule has 1 aliphatic heterocycles. The summed E-state index contributed by atoms with van der Waals surface area (Å²) in [7, 11) is 2.15. The van der Waals surface area contributed by atoms with Crippen molar-refractivity contribution < 1.29 is 0 Å². The Kier molecular flexibility index (Phi) is 4.65. The Morgan fingerprint density at radius 1 is 1.56 bits per heavy atom. The third kappa shape index (κ3) is 3.25. The van der Waals surface area contributed by atoms with E-state index in [0.29, 0.717) is 0 Å². The summed E-state index contributed by atoms with van der Waals surface area (Å²) < 4.78 is 0. The van der Waals surface area contributed by atoms with Crippen molar-refractivity contribution in [2.24, 2.45) is 5.92 Å². The molecule has 5 heteroatoms. The molecule has 2 rings (SSSR count). The highest BCUT2D eigenvalue weighted by Crippen LogP contribution is 2.20. The maximum absolute atomic E-state index is 6.19. The summed E-state index contributed by atoms with van der Waals surface area (Å²) in [5, 5.41) is 7.97. The maximum atomic E-state index is 6.19. The van der Waals surface area contributed by atoms with Gasteiger partial charge in [-0.2, -0.15) is 5.10 Å². The Hall–Kier alpha value is -0.580. The van der Waals surface area contributed by atoms with E-state index in [9.17, 15) is 0 Å². The second kappa shape index (κ2) is 6.04. The van der Waals surface area contributed by atoms with Crippen molar-refractivity contribution in [2.75, 3.05) is 33.2 Å². The van der Waals surface area contributed by atoms with Crippen LogP contribution in [0.3, 0.4) is 0 Å². The topological polar surface area (TPSA) is 35.2 Å². The molecule has 0 bridgehead atoms. The van der Waals surface area contributed by atoms with Crippen molar-refractivity contribution in [3.05, 3.63) is 16.4 Å². The summed E-state index contributed by atoms with van der Waals surface area (Å²) in [6.07, 6.45) is 1.31. The number of aromatic amines is 1. The molecule has 0 aromatic carbocycles. The van der Waals surface area contributed by atoms with Gasteiger partial charge >= 0.3 is 0 Å². The van der Waals surface area contributed by atoms with Gasteiger partial charge < -0.3 is 9.80 Å². The van der Waals surface area contributed by atoms with E-state index in [1.54, 1.807) is 0 Å². The standard InChI is InChI=1S/C13H23ClN4/c1-4-18-6-5-11(8-18)7-17(3)9-12-13(14)10(2)15-16-12/h11H,4-9H2,1-3H3,(H,15,16)/t11-/m0/s1. The van der Waals surface area contributed by atoms with Gasteiger partial charge in [0.2, 0.25) is 0 Å². The van der Waals surface area contributed by atoms with Crippen molar-refractivity contribution in [3.63, 3.8) is 0 Å². The van der Waals surface area contributed by atoms with Crippen LogP contribution in [0.4, 0.5) is 0 Å². The van der Waals surface area contributed by atoms with Gasteiger partial charge in [0, 0.05) is 19.6 Å². The van der Waals surface area contributed by atoms with Gasteiger partial charge in [-0.05, 0) is 39.4 Å². The number of likely N-dealkylation sites (tertiary alicyclic amines) is 1. The van der Waals surface area contributed by atoms with Crippen LogP contribution in [0.25, 0.3) is 0 Å². The fourth-order valence-corrected chi connectivity index (χ4v) is 2.83. The first-order valence-electron chi connectivity index (χ1n) is 6.70. The Morgan fingerprint density at radius 2 is 2.33 bits per heavy atom.